The van der Waals surface area contributed by atoms with Crippen LogP contribution in [0.15, 0.2) is 0 Å². The summed E-state index contributed by atoms with van der Waals surface area (Å²) in [6, 6.07) is 0.0282. The molecule has 15 heavy (non-hydrogen) atoms. The van der Waals surface area contributed by atoms with Gasteiger partial charge in [0.25, 0.3) is 0 Å². The van der Waals surface area contributed by atoms with Crippen LogP contribution in [0.4, 0.5) is 4.79 Å². The van der Waals surface area contributed by atoms with Gasteiger partial charge in [-0.1, -0.05) is 0 Å². The van der Waals surface area contributed by atoms with E-state index >= 15 is 0 Å². The molecule has 0 aromatic carbocycles. The van der Waals surface area contributed by atoms with Gasteiger partial charge in [0.15, 0.2) is 0 Å². The number of rotatable bonds is 0. The van der Waals surface area contributed by atoms with E-state index in [0.29, 0.717) is 13.1 Å². The molecule has 1 aliphatic rings. The zero-order valence-corrected chi connectivity index (χ0v) is 9.69. The van der Waals surface area contributed by atoms with E-state index < -0.39 is 0 Å². The SMILES string of the molecule is CC(=O)N1CCCN(C(=O)N(C)C)CC1. The Kier molecular flexibility index (Phi) is 3.94. The van der Waals surface area contributed by atoms with Crippen LogP contribution in [0.25, 0.3) is 0 Å². The zero-order valence-electron chi connectivity index (χ0n) is 9.69. The van der Waals surface area contributed by atoms with E-state index in [2.05, 4.69) is 0 Å². The number of amides is 3. The van der Waals surface area contributed by atoms with Crippen molar-refractivity contribution in [2.24, 2.45) is 0 Å². The van der Waals surface area contributed by atoms with Crippen molar-refractivity contribution in [3.63, 3.8) is 0 Å². The summed E-state index contributed by atoms with van der Waals surface area (Å²) in [6.45, 7) is 4.35. The highest BCUT2D eigenvalue weighted by atomic mass is 16.2. The van der Waals surface area contributed by atoms with Gasteiger partial charge >= 0.3 is 6.03 Å². The van der Waals surface area contributed by atoms with Crippen LogP contribution < -0.4 is 0 Å². The third-order valence-electron chi connectivity index (χ3n) is 2.59. The van der Waals surface area contributed by atoms with Crippen LogP contribution in [0.5, 0.6) is 0 Å². The maximum Gasteiger partial charge on any atom is 0.319 e. The molecule has 0 N–H and O–H groups in total. The molecule has 0 atom stereocenters. The molecule has 0 spiro atoms. The van der Waals surface area contributed by atoms with Crippen molar-refractivity contribution in [1.82, 2.24) is 14.7 Å². The number of hydrogen-bond donors (Lipinski definition) is 0. The Morgan fingerprint density at radius 1 is 1.00 bits per heavy atom. The Labute approximate surface area is 90.6 Å². The van der Waals surface area contributed by atoms with Crippen molar-refractivity contribution in [3.8, 4) is 0 Å². The maximum absolute atomic E-state index is 11.7. The van der Waals surface area contributed by atoms with E-state index in [1.165, 1.54) is 0 Å². The molecule has 1 heterocycles. The fourth-order valence-electron chi connectivity index (χ4n) is 1.71. The summed E-state index contributed by atoms with van der Waals surface area (Å²) in [5.41, 5.74) is 0. The van der Waals surface area contributed by atoms with Gasteiger partial charge in [-0.3, -0.25) is 4.79 Å². The van der Waals surface area contributed by atoms with Gasteiger partial charge in [-0.15, -0.1) is 0 Å². The van der Waals surface area contributed by atoms with Gasteiger partial charge in [0.1, 0.15) is 0 Å². The fourth-order valence-corrected chi connectivity index (χ4v) is 1.71. The first-order chi connectivity index (χ1) is 7.02. The standard InChI is InChI=1S/C10H19N3O2/c1-9(14)12-5-4-6-13(8-7-12)10(15)11(2)3/h4-8H2,1-3H3. The van der Waals surface area contributed by atoms with E-state index in [-0.39, 0.29) is 11.9 Å². The molecule has 5 nitrogen and oxygen atoms in total. The van der Waals surface area contributed by atoms with Gasteiger partial charge in [-0.2, -0.15) is 0 Å². The van der Waals surface area contributed by atoms with Crippen molar-refractivity contribution >= 4 is 11.9 Å². The first-order valence-electron chi connectivity index (χ1n) is 5.24. The minimum absolute atomic E-state index is 0.0282. The highest BCUT2D eigenvalue weighted by Gasteiger charge is 2.20. The number of hydrogen-bond acceptors (Lipinski definition) is 2. The molecular formula is C10H19N3O2. The summed E-state index contributed by atoms with van der Waals surface area (Å²) >= 11 is 0. The van der Waals surface area contributed by atoms with Crippen molar-refractivity contribution in [2.75, 3.05) is 40.3 Å². The van der Waals surface area contributed by atoms with Crippen molar-refractivity contribution < 1.29 is 9.59 Å². The topological polar surface area (TPSA) is 43.9 Å². The minimum Gasteiger partial charge on any atom is -0.341 e. The summed E-state index contributed by atoms with van der Waals surface area (Å²) in [7, 11) is 3.49. The molecule has 86 valence electrons. The smallest absolute Gasteiger partial charge is 0.319 e. The lowest BCUT2D eigenvalue weighted by molar-refractivity contribution is -0.128. The second kappa shape index (κ2) is 5.00. The molecule has 1 aliphatic heterocycles. The first-order valence-corrected chi connectivity index (χ1v) is 5.24. The van der Waals surface area contributed by atoms with Crippen LogP contribution >= 0.6 is 0 Å². The quantitative estimate of drug-likeness (QED) is 0.578. The molecule has 0 aromatic rings. The van der Waals surface area contributed by atoms with Gasteiger partial charge < -0.3 is 14.7 Å². The molecule has 3 amide bonds. The number of urea groups is 1. The predicted molar refractivity (Wildman–Crippen MR) is 57.5 cm³/mol. The lowest BCUT2D eigenvalue weighted by Crippen LogP contribution is -2.41. The average Bonchev–Trinajstić information content (AvgIpc) is 2.41. The number of carbonyl (C=O) groups is 2. The zero-order chi connectivity index (χ0) is 11.4. The van der Waals surface area contributed by atoms with Gasteiger partial charge in [0.05, 0.1) is 0 Å². The summed E-state index contributed by atoms with van der Waals surface area (Å²) in [4.78, 5) is 28.0. The second-order valence-electron chi connectivity index (χ2n) is 4.02. The van der Waals surface area contributed by atoms with Crippen LogP contribution in [-0.2, 0) is 4.79 Å². The van der Waals surface area contributed by atoms with E-state index in [4.69, 9.17) is 0 Å². The Morgan fingerprint density at radius 3 is 2.07 bits per heavy atom. The van der Waals surface area contributed by atoms with E-state index in [1.807, 2.05) is 0 Å². The normalized spacial score (nSPS) is 17.3. The Bertz CT molecular complexity index is 253. The summed E-state index contributed by atoms with van der Waals surface area (Å²) in [6.07, 6.45) is 0.860. The van der Waals surface area contributed by atoms with Crippen LogP contribution in [0, 0.1) is 0 Å². The van der Waals surface area contributed by atoms with E-state index in [1.54, 1.807) is 35.7 Å². The van der Waals surface area contributed by atoms with Crippen molar-refractivity contribution in [2.45, 2.75) is 13.3 Å². The van der Waals surface area contributed by atoms with Crippen LogP contribution in [0.1, 0.15) is 13.3 Å². The second-order valence-corrected chi connectivity index (χ2v) is 4.02. The predicted octanol–water partition coefficient (Wildman–Crippen LogP) is 0.222. The maximum atomic E-state index is 11.7. The fraction of sp³-hybridized carbons (Fsp3) is 0.800. The molecule has 0 unspecified atom stereocenters. The Hall–Kier alpha value is -1.26. The van der Waals surface area contributed by atoms with Gasteiger partial charge in [0, 0.05) is 47.2 Å². The molecule has 1 rings (SSSR count). The lowest BCUT2D eigenvalue weighted by Gasteiger charge is -2.24. The summed E-state index contributed by atoms with van der Waals surface area (Å²) < 4.78 is 0. The summed E-state index contributed by atoms with van der Waals surface area (Å²) in [5.74, 6) is 0.0918. The first kappa shape index (κ1) is 11.8. The third kappa shape index (κ3) is 3.11. The third-order valence-corrected chi connectivity index (χ3v) is 2.59. The summed E-state index contributed by atoms with van der Waals surface area (Å²) in [5, 5.41) is 0. The molecule has 0 bridgehead atoms. The van der Waals surface area contributed by atoms with Crippen molar-refractivity contribution in [3.05, 3.63) is 0 Å². The molecule has 0 radical (unpaired) electrons. The van der Waals surface area contributed by atoms with Gasteiger partial charge in [-0.25, -0.2) is 4.79 Å². The molecule has 0 saturated carbocycles. The Balaban J connectivity index is 2.52. The highest BCUT2D eigenvalue weighted by Crippen LogP contribution is 2.05. The molecule has 0 aliphatic carbocycles. The molecular weight excluding hydrogens is 194 g/mol. The number of carbonyl (C=O) groups excluding carboxylic acids is 2. The van der Waals surface area contributed by atoms with E-state index in [9.17, 15) is 9.59 Å². The number of nitrogens with zero attached hydrogens (tertiary/aromatic N) is 3. The molecule has 5 heteroatoms. The Morgan fingerprint density at radius 2 is 1.53 bits per heavy atom. The molecule has 1 saturated heterocycles. The molecule has 1 fully saturated rings. The van der Waals surface area contributed by atoms with E-state index in [0.717, 1.165) is 19.5 Å². The van der Waals surface area contributed by atoms with Gasteiger partial charge in [0.2, 0.25) is 5.91 Å². The highest BCUT2D eigenvalue weighted by molar-refractivity contribution is 5.75. The van der Waals surface area contributed by atoms with Crippen LogP contribution in [-0.4, -0.2) is 66.9 Å². The minimum atomic E-state index is 0.0282. The monoisotopic (exact) mass is 213 g/mol. The van der Waals surface area contributed by atoms with Gasteiger partial charge in [-0.05, 0) is 6.42 Å². The largest absolute Gasteiger partial charge is 0.341 e. The van der Waals surface area contributed by atoms with Crippen LogP contribution in [0.2, 0.25) is 0 Å². The van der Waals surface area contributed by atoms with Crippen molar-refractivity contribution in [1.29, 1.82) is 0 Å². The lowest BCUT2D eigenvalue weighted by atomic mass is 10.4. The molecule has 0 aromatic heterocycles. The average molecular weight is 213 g/mol. The van der Waals surface area contributed by atoms with Crippen LogP contribution in [0.3, 0.4) is 0 Å².